The van der Waals surface area contributed by atoms with E-state index in [1.54, 1.807) is 36.6 Å². The first kappa shape index (κ1) is 19.3. The van der Waals surface area contributed by atoms with Gasteiger partial charge in [0.25, 0.3) is 15.9 Å². The number of rotatable bonds is 5. The number of nitrogens with one attached hydrogen (secondary N) is 3. The lowest BCUT2D eigenvalue weighted by Crippen LogP contribution is -2.52. The summed E-state index contributed by atoms with van der Waals surface area (Å²) in [5.41, 5.74) is -0.555. The minimum Gasteiger partial charge on any atom is -0.479 e. The second-order valence-corrected chi connectivity index (χ2v) is 9.43. The Bertz CT molecular complexity index is 984. The number of sulfonamides is 1. The van der Waals surface area contributed by atoms with Gasteiger partial charge in [-0.15, -0.1) is 11.3 Å². The zero-order valence-corrected chi connectivity index (χ0v) is 16.5. The third kappa shape index (κ3) is 4.12. The summed E-state index contributed by atoms with van der Waals surface area (Å²) < 4.78 is 32.8. The number of benzene rings is 1. The molecule has 3 N–H and O–H groups in total. The highest BCUT2D eigenvalue weighted by molar-refractivity contribution is 7.91. The fraction of sp³-hybridized carbons (Fsp3) is 0.294. The third-order valence-electron chi connectivity index (χ3n) is 3.89. The number of thiophene rings is 1. The van der Waals surface area contributed by atoms with Crippen LogP contribution in [0.2, 0.25) is 0 Å². The van der Waals surface area contributed by atoms with Crippen LogP contribution in [0, 0.1) is 0 Å². The van der Waals surface area contributed by atoms with Gasteiger partial charge in [0, 0.05) is 5.69 Å². The Kier molecular flexibility index (Phi) is 4.98. The highest BCUT2D eigenvalue weighted by Crippen LogP contribution is 2.32. The number of ether oxygens (including phenoxy) is 1. The first-order valence-corrected chi connectivity index (χ1v) is 10.5. The maximum absolute atomic E-state index is 12.6. The maximum Gasteiger partial charge on any atom is 0.265 e. The molecule has 8 nitrogen and oxygen atoms in total. The van der Waals surface area contributed by atoms with Crippen LogP contribution in [-0.2, 0) is 19.6 Å². The number of hydrogen-bond donors (Lipinski definition) is 3. The van der Waals surface area contributed by atoms with Crippen molar-refractivity contribution >= 4 is 44.5 Å². The molecule has 144 valence electrons. The molecule has 2 aromatic rings. The molecule has 0 spiro atoms. The Morgan fingerprint density at radius 3 is 2.70 bits per heavy atom. The zero-order valence-electron chi connectivity index (χ0n) is 14.9. The molecular formula is C17H19N3O5S2. The van der Waals surface area contributed by atoms with E-state index >= 15 is 0 Å². The predicted molar refractivity (Wildman–Crippen MR) is 103 cm³/mol. The first-order chi connectivity index (χ1) is 12.6. The fourth-order valence-corrected chi connectivity index (χ4v) is 4.79. The maximum atomic E-state index is 12.6. The summed E-state index contributed by atoms with van der Waals surface area (Å²) in [5, 5.41) is 7.00. The molecule has 2 heterocycles. The minimum absolute atomic E-state index is 0.131. The summed E-state index contributed by atoms with van der Waals surface area (Å²) in [5.74, 6) is -0.327. The Balaban J connectivity index is 1.75. The molecule has 1 aromatic heterocycles. The van der Waals surface area contributed by atoms with Gasteiger partial charge in [-0.1, -0.05) is 6.07 Å². The quantitative estimate of drug-likeness (QED) is 0.700. The van der Waals surface area contributed by atoms with E-state index in [0.29, 0.717) is 17.1 Å². The van der Waals surface area contributed by atoms with Crippen LogP contribution in [0.25, 0.3) is 0 Å². The van der Waals surface area contributed by atoms with E-state index in [2.05, 4.69) is 15.4 Å². The van der Waals surface area contributed by atoms with Crippen LogP contribution in [0.1, 0.15) is 20.8 Å². The molecule has 3 rings (SSSR count). The van der Waals surface area contributed by atoms with E-state index in [-0.39, 0.29) is 10.1 Å². The number of hydrogen-bond acceptors (Lipinski definition) is 6. The molecule has 1 aromatic carbocycles. The normalized spacial score (nSPS) is 16.9. The van der Waals surface area contributed by atoms with Crippen molar-refractivity contribution in [2.45, 2.75) is 36.6 Å². The van der Waals surface area contributed by atoms with Gasteiger partial charge in [-0.05, 0) is 50.4 Å². The summed E-state index contributed by atoms with van der Waals surface area (Å²) in [4.78, 5) is 24.3. The number of fused-ring (bicyclic) bond motifs is 1. The van der Waals surface area contributed by atoms with Gasteiger partial charge in [0.05, 0.1) is 5.69 Å². The van der Waals surface area contributed by atoms with Crippen molar-refractivity contribution < 1.29 is 22.7 Å². The van der Waals surface area contributed by atoms with E-state index in [4.69, 9.17) is 4.74 Å². The minimum atomic E-state index is -3.81. The molecule has 0 fully saturated rings. The van der Waals surface area contributed by atoms with Gasteiger partial charge >= 0.3 is 0 Å². The monoisotopic (exact) mass is 409 g/mol. The third-order valence-corrected chi connectivity index (χ3v) is 6.94. The highest BCUT2D eigenvalue weighted by Gasteiger charge is 2.34. The van der Waals surface area contributed by atoms with Gasteiger partial charge in [-0.3, -0.25) is 9.59 Å². The van der Waals surface area contributed by atoms with E-state index in [9.17, 15) is 18.0 Å². The van der Waals surface area contributed by atoms with Crippen LogP contribution >= 0.6 is 11.3 Å². The first-order valence-electron chi connectivity index (χ1n) is 8.09. The molecule has 0 bridgehead atoms. The average molecular weight is 409 g/mol. The zero-order chi connectivity index (χ0) is 19.8. The molecule has 1 unspecified atom stereocenters. The van der Waals surface area contributed by atoms with E-state index < -0.39 is 27.6 Å². The molecule has 1 atom stereocenters. The van der Waals surface area contributed by atoms with Gasteiger partial charge in [0.1, 0.15) is 15.5 Å². The van der Waals surface area contributed by atoms with Crippen LogP contribution in [0.15, 0.2) is 39.9 Å². The highest BCUT2D eigenvalue weighted by atomic mass is 32.2. The fourth-order valence-electron chi connectivity index (χ4n) is 2.42. The number of carbonyl (C=O) groups excluding carboxylic acids is 2. The molecule has 1 aliphatic rings. The largest absolute Gasteiger partial charge is 0.479 e. The summed E-state index contributed by atoms with van der Waals surface area (Å²) in [6.07, 6.45) is -0.594. The van der Waals surface area contributed by atoms with Gasteiger partial charge in [-0.2, -0.15) is 4.72 Å². The second kappa shape index (κ2) is 6.95. The lowest BCUT2D eigenvalue weighted by molar-refractivity contribution is -0.122. The molecular weight excluding hydrogens is 390 g/mol. The van der Waals surface area contributed by atoms with Gasteiger partial charge in [0.2, 0.25) is 5.91 Å². The lowest BCUT2D eigenvalue weighted by atomic mass is 10.1. The Morgan fingerprint density at radius 2 is 2.04 bits per heavy atom. The van der Waals surface area contributed by atoms with Crippen LogP contribution in [0.5, 0.6) is 5.75 Å². The van der Waals surface area contributed by atoms with Gasteiger partial charge < -0.3 is 15.4 Å². The van der Waals surface area contributed by atoms with Crippen LogP contribution in [-0.4, -0.2) is 31.9 Å². The van der Waals surface area contributed by atoms with Crippen molar-refractivity contribution in [3.05, 3.63) is 35.7 Å². The predicted octanol–water partition coefficient (Wildman–Crippen LogP) is 2.16. The standard InChI is InChI=1S/C17H19N3O5S2/c1-10-15(21)19-12-9-11(6-7-13(12)25-10)18-16(22)17(2,3)20-27(23,24)14-5-4-8-26-14/h4-10,20H,1-3H3,(H,18,22)(H,19,21). The Labute approximate surface area is 161 Å². The van der Waals surface area contributed by atoms with Gasteiger partial charge in [-0.25, -0.2) is 8.42 Å². The molecule has 2 amide bonds. The smallest absolute Gasteiger partial charge is 0.265 e. The molecule has 0 saturated heterocycles. The van der Waals surface area contributed by atoms with Crippen molar-refractivity contribution in [1.29, 1.82) is 0 Å². The van der Waals surface area contributed by atoms with Crippen molar-refractivity contribution in [1.82, 2.24) is 4.72 Å². The average Bonchev–Trinajstić information content (AvgIpc) is 3.11. The topological polar surface area (TPSA) is 114 Å². The van der Waals surface area contributed by atoms with Crippen molar-refractivity contribution in [2.24, 2.45) is 0 Å². The van der Waals surface area contributed by atoms with Crippen LogP contribution in [0.3, 0.4) is 0 Å². The van der Waals surface area contributed by atoms with E-state index in [1.807, 2.05) is 0 Å². The van der Waals surface area contributed by atoms with Gasteiger partial charge in [0.15, 0.2) is 6.10 Å². The summed E-state index contributed by atoms with van der Waals surface area (Å²) >= 11 is 1.07. The van der Waals surface area contributed by atoms with Crippen LogP contribution in [0.4, 0.5) is 11.4 Å². The van der Waals surface area contributed by atoms with E-state index in [0.717, 1.165) is 11.3 Å². The number of amides is 2. The molecule has 10 heteroatoms. The lowest BCUT2D eigenvalue weighted by Gasteiger charge is -2.26. The molecule has 0 saturated carbocycles. The number of anilines is 2. The molecule has 0 radical (unpaired) electrons. The van der Waals surface area contributed by atoms with Crippen LogP contribution < -0.4 is 20.1 Å². The molecule has 27 heavy (non-hydrogen) atoms. The Hall–Kier alpha value is -2.43. The SMILES string of the molecule is CC1Oc2ccc(NC(=O)C(C)(C)NS(=O)(=O)c3cccs3)cc2NC1=O. The molecule has 1 aliphatic heterocycles. The second-order valence-electron chi connectivity index (χ2n) is 6.58. The Morgan fingerprint density at radius 1 is 1.30 bits per heavy atom. The molecule has 0 aliphatic carbocycles. The summed E-state index contributed by atoms with van der Waals surface area (Å²) in [6.45, 7) is 4.58. The number of carbonyl (C=O) groups is 2. The van der Waals surface area contributed by atoms with Crippen molar-refractivity contribution in [3.63, 3.8) is 0 Å². The van der Waals surface area contributed by atoms with Crippen molar-refractivity contribution in [2.75, 3.05) is 10.6 Å². The summed E-state index contributed by atoms with van der Waals surface area (Å²) in [6, 6.07) is 7.89. The summed E-state index contributed by atoms with van der Waals surface area (Å²) in [7, 11) is -3.81. The van der Waals surface area contributed by atoms with E-state index in [1.165, 1.54) is 19.9 Å². The van der Waals surface area contributed by atoms with Crippen molar-refractivity contribution in [3.8, 4) is 5.75 Å².